The first-order valence-corrected chi connectivity index (χ1v) is 10.5. The Balaban J connectivity index is 1.50. The molecule has 0 radical (unpaired) electrons. The van der Waals surface area contributed by atoms with Crippen molar-refractivity contribution in [3.63, 3.8) is 0 Å². The van der Waals surface area contributed by atoms with Crippen LogP contribution >= 0.6 is 50.4 Å². The van der Waals surface area contributed by atoms with E-state index in [4.69, 9.17) is 0 Å². The lowest BCUT2D eigenvalue weighted by Gasteiger charge is -2.00. The van der Waals surface area contributed by atoms with Crippen LogP contribution in [0.25, 0.3) is 11.3 Å². The molecule has 2 heterocycles. The molecule has 124 valence electrons. The SMILES string of the molecule is Cc1nnc(SCCC(=O)Nc2nc(-c3ccc(Br)cc3)cs2)s1. The molecule has 0 saturated carbocycles. The van der Waals surface area contributed by atoms with Crippen molar-refractivity contribution < 1.29 is 4.79 Å². The minimum Gasteiger partial charge on any atom is -0.302 e. The van der Waals surface area contributed by atoms with Gasteiger partial charge in [-0.1, -0.05) is 51.2 Å². The molecule has 0 unspecified atom stereocenters. The number of carbonyl (C=O) groups is 1. The number of aromatic nitrogens is 3. The molecule has 3 aromatic rings. The molecule has 2 aromatic heterocycles. The lowest BCUT2D eigenvalue weighted by molar-refractivity contribution is -0.115. The Hall–Kier alpha value is -1.29. The van der Waals surface area contributed by atoms with E-state index < -0.39 is 0 Å². The highest BCUT2D eigenvalue weighted by Gasteiger charge is 2.09. The summed E-state index contributed by atoms with van der Waals surface area (Å²) in [4.78, 5) is 16.5. The van der Waals surface area contributed by atoms with Crippen LogP contribution < -0.4 is 5.32 Å². The zero-order valence-electron chi connectivity index (χ0n) is 12.7. The smallest absolute Gasteiger partial charge is 0.226 e. The highest BCUT2D eigenvalue weighted by molar-refractivity contribution is 9.10. The summed E-state index contributed by atoms with van der Waals surface area (Å²) in [5, 5.41) is 14.3. The maximum atomic E-state index is 12.0. The number of aryl methyl sites for hydroxylation is 1. The number of amides is 1. The number of rotatable bonds is 6. The van der Waals surface area contributed by atoms with Crippen LogP contribution in [0.15, 0.2) is 38.5 Å². The summed E-state index contributed by atoms with van der Waals surface area (Å²) < 4.78 is 1.92. The average Bonchev–Trinajstić information content (AvgIpc) is 3.17. The summed E-state index contributed by atoms with van der Waals surface area (Å²) in [6.07, 6.45) is 0.413. The second-order valence-electron chi connectivity index (χ2n) is 4.78. The first-order chi connectivity index (χ1) is 11.6. The molecule has 0 saturated heterocycles. The Kier molecular flexibility index (Phi) is 5.99. The summed E-state index contributed by atoms with van der Waals surface area (Å²) in [6.45, 7) is 1.92. The van der Waals surface area contributed by atoms with Gasteiger partial charge in [0, 0.05) is 27.6 Å². The van der Waals surface area contributed by atoms with Gasteiger partial charge in [0.1, 0.15) is 5.01 Å². The zero-order chi connectivity index (χ0) is 16.9. The van der Waals surface area contributed by atoms with Gasteiger partial charge in [-0.25, -0.2) is 4.98 Å². The number of halogens is 1. The van der Waals surface area contributed by atoms with Crippen molar-refractivity contribution in [1.29, 1.82) is 0 Å². The van der Waals surface area contributed by atoms with E-state index >= 15 is 0 Å². The lowest BCUT2D eigenvalue weighted by atomic mass is 10.2. The van der Waals surface area contributed by atoms with E-state index in [2.05, 4.69) is 36.4 Å². The predicted octanol–water partition coefficient (Wildman–Crippen LogP) is 4.85. The van der Waals surface area contributed by atoms with Crippen molar-refractivity contribution in [2.75, 3.05) is 11.1 Å². The van der Waals surface area contributed by atoms with Gasteiger partial charge in [-0.2, -0.15) is 0 Å². The van der Waals surface area contributed by atoms with Crippen LogP contribution in [0.5, 0.6) is 0 Å². The van der Waals surface area contributed by atoms with E-state index in [1.165, 1.54) is 11.3 Å². The molecule has 1 N–H and O–H groups in total. The summed E-state index contributed by atoms with van der Waals surface area (Å²) in [6, 6.07) is 7.93. The molecule has 0 spiro atoms. The minimum atomic E-state index is -0.0413. The largest absolute Gasteiger partial charge is 0.302 e. The second kappa shape index (κ2) is 8.19. The van der Waals surface area contributed by atoms with E-state index in [0.717, 1.165) is 25.1 Å². The molecule has 1 aromatic carbocycles. The molecule has 0 fully saturated rings. The van der Waals surface area contributed by atoms with Gasteiger partial charge in [0.05, 0.1) is 5.69 Å². The molecule has 0 aliphatic heterocycles. The van der Waals surface area contributed by atoms with E-state index in [0.29, 0.717) is 17.3 Å². The van der Waals surface area contributed by atoms with Crippen molar-refractivity contribution in [3.8, 4) is 11.3 Å². The van der Waals surface area contributed by atoms with Gasteiger partial charge < -0.3 is 5.32 Å². The summed E-state index contributed by atoms with van der Waals surface area (Å²) in [7, 11) is 0. The number of nitrogens with one attached hydrogen (secondary N) is 1. The predicted molar refractivity (Wildman–Crippen MR) is 104 cm³/mol. The first kappa shape index (κ1) is 17.5. The molecule has 24 heavy (non-hydrogen) atoms. The number of hydrogen-bond donors (Lipinski definition) is 1. The number of thioether (sulfide) groups is 1. The van der Waals surface area contributed by atoms with Gasteiger partial charge in [-0.05, 0) is 19.1 Å². The van der Waals surface area contributed by atoms with Gasteiger partial charge in [-0.15, -0.1) is 21.5 Å². The molecule has 3 rings (SSSR count). The monoisotopic (exact) mass is 440 g/mol. The highest BCUT2D eigenvalue weighted by Crippen LogP contribution is 2.26. The van der Waals surface area contributed by atoms with Crippen LogP contribution in [0.2, 0.25) is 0 Å². The fourth-order valence-electron chi connectivity index (χ4n) is 1.83. The Morgan fingerprint density at radius 1 is 1.29 bits per heavy atom. The maximum Gasteiger partial charge on any atom is 0.226 e. The standard InChI is InChI=1S/C15H13BrN4OS3/c1-9-19-20-15(24-9)22-7-6-13(21)18-14-17-12(8-23-14)10-2-4-11(16)5-3-10/h2-5,8H,6-7H2,1H3,(H,17,18,21). The highest BCUT2D eigenvalue weighted by atomic mass is 79.9. The van der Waals surface area contributed by atoms with Crippen LogP contribution in [0.3, 0.4) is 0 Å². The summed E-state index contributed by atoms with van der Waals surface area (Å²) in [5.74, 6) is 0.631. The minimum absolute atomic E-state index is 0.0413. The number of thiazole rings is 1. The lowest BCUT2D eigenvalue weighted by Crippen LogP contribution is -2.11. The molecule has 0 aliphatic carbocycles. The van der Waals surface area contributed by atoms with E-state index in [1.807, 2.05) is 36.6 Å². The fraction of sp³-hybridized carbons (Fsp3) is 0.200. The van der Waals surface area contributed by atoms with E-state index in [1.54, 1.807) is 23.1 Å². The number of nitrogens with zero attached hydrogens (tertiary/aromatic N) is 3. The third kappa shape index (κ3) is 4.85. The Bertz CT molecular complexity index is 831. The van der Waals surface area contributed by atoms with Gasteiger partial charge in [-0.3, -0.25) is 4.79 Å². The van der Waals surface area contributed by atoms with E-state index in [-0.39, 0.29) is 5.91 Å². The van der Waals surface area contributed by atoms with Gasteiger partial charge in [0.15, 0.2) is 9.47 Å². The van der Waals surface area contributed by atoms with Crippen LogP contribution in [-0.2, 0) is 4.79 Å². The Labute approximate surface area is 160 Å². The molecular weight excluding hydrogens is 428 g/mol. The fourth-order valence-corrected chi connectivity index (χ4v) is 4.66. The van der Waals surface area contributed by atoms with Gasteiger partial charge >= 0.3 is 0 Å². The normalized spacial score (nSPS) is 10.8. The van der Waals surface area contributed by atoms with Crippen LogP contribution in [0.1, 0.15) is 11.4 Å². The molecule has 1 amide bonds. The maximum absolute atomic E-state index is 12.0. The topological polar surface area (TPSA) is 67.8 Å². The van der Waals surface area contributed by atoms with Crippen molar-refractivity contribution in [2.24, 2.45) is 0 Å². The van der Waals surface area contributed by atoms with Crippen molar-refractivity contribution >= 4 is 61.4 Å². The van der Waals surface area contributed by atoms with Crippen molar-refractivity contribution in [1.82, 2.24) is 15.2 Å². The van der Waals surface area contributed by atoms with Gasteiger partial charge in [0.25, 0.3) is 0 Å². The first-order valence-electron chi connectivity index (χ1n) is 7.04. The molecule has 5 nitrogen and oxygen atoms in total. The molecule has 0 bridgehead atoms. The Morgan fingerprint density at radius 2 is 2.08 bits per heavy atom. The molecule has 9 heteroatoms. The zero-order valence-corrected chi connectivity index (χ0v) is 16.7. The third-order valence-corrected chi connectivity index (χ3v) is 6.21. The average molecular weight is 441 g/mol. The number of hydrogen-bond acceptors (Lipinski definition) is 7. The molecule has 0 aliphatic rings. The van der Waals surface area contributed by atoms with Crippen LogP contribution in [0.4, 0.5) is 5.13 Å². The Morgan fingerprint density at radius 3 is 2.79 bits per heavy atom. The number of anilines is 1. The molecule has 0 atom stereocenters. The third-order valence-electron chi connectivity index (χ3n) is 2.95. The van der Waals surface area contributed by atoms with Crippen molar-refractivity contribution in [3.05, 3.63) is 39.1 Å². The number of carbonyl (C=O) groups excluding carboxylic acids is 1. The quantitative estimate of drug-likeness (QED) is 0.554. The molecular formula is C15H13BrN4OS3. The van der Waals surface area contributed by atoms with Crippen LogP contribution in [0, 0.1) is 6.92 Å². The summed E-state index contributed by atoms with van der Waals surface area (Å²) in [5.41, 5.74) is 1.89. The second-order valence-corrected chi connectivity index (χ2v) is 9.08. The van der Waals surface area contributed by atoms with E-state index in [9.17, 15) is 4.79 Å². The number of benzene rings is 1. The van der Waals surface area contributed by atoms with Crippen LogP contribution in [-0.4, -0.2) is 26.8 Å². The summed E-state index contributed by atoms with van der Waals surface area (Å²) >= 11 is 7.93. The van der Waals surface area contributed by atoms with Crippen molar-refractivity contribution in [2.45, 2.75) is 17.7 Å². The van der Waals surface area contributed by atoms with Gasteiger partial charge in [0.2, 0.25) is 5.91 Å².